The molecule has 4 rings (SSSR count). The smallest absolute Gasteiger partial charge is 0.343 e. The van der Waals surface area contributed by atoms with Crippen LogP contribution >= 0.6 is 0 Å². The molecule has 0 aromatic rings. The van der Waals surface area contributed by atoms with Crippen LogP contribution in [-0.4, -0.2) is 57.8 Å². The van der Waals surface area contributed by atoms with E-state index in [-0.39, 0.29) is 11.9 Å². The Morgan fingerprint density at radius 2 is 2.32 bits per heavy atom. The molecule has 6 N–H and O–H groups in total. The maximum absolute atomic E-state index is 12.1. The first kappa shape index (κ1) is 11.4. The first-order valence-corrected chi connectivity index (χ1v) is 6.30. The van der Waals surface area contributed by atoms with Gasteiger partial charge in [0.2, 0.25) is 0 Å². The van der Waals surface area contributed by atoms with Gasteiger partial charge >= 0.3 is 11.9 Å². The van der Waals surface area contributed by atoms with Crippen LogP contribution < -0.4 is 16.0 Å². The summed E-state index contributed by atoms with van der Waals surface area (Å²) in [6, 6.07) is 0. The number of aliphatic hydroxyl groups excluding tert-OH is 1. The minimum Gasteiger partial charge on any atom is -0.454 e. The van der Waals surface area contributed by atoms with E-state index < -0.39 is 41.6 Å². The number of carbonyl (C=O) groups excluding carboxylic acids is 1. The molecule has 7 atom stereocenters. The summed E-state index contributed by atoms with van der Waals surface area (Å²) in [7, 11) is 0. The number of hydrogen-bond donors (Lipinski definition) is 5. The molecule has 8 nitrogen and oxygen atoms in total. The average molecular weight is 270 g/mol. The summed E-state index contributed by atoms with van der Waals surface area (Å²) in [6.07, 6.45) is -3.14. The van der Waals surface area contributed by atoms with E-state index in [4.69, 9.17) is 15.2 Å². The number of carbonyl (C=O) groups is 1. The number of nitrogens with one attached hydrogen (secondary N) is 2. The zero-order chi connectivity index (χ0) is 13.6. The first-order valence-electron chi connectivity index (χ1n) is 6.30. The topological polar surface area (TPSA) is 128 Å². The fourth-order valence-corrected chi connectivity index (χ4v) is 4.02. The van der Waals surface area contributed by atoms with Gasteiger partial charge in [-0.25, -0.2) is 4.79 Å². The van der Waals surface area contributed by atoms with Crippen molar-refractivity contribution in [2.75, 3.05) is 0 Å². The van der Waals surface area contributed by atoms with Crippen molar-refractivity contribution in [2.24, 2.45) is 11.7 Å². The minimum absolute atomic E-state index is 0.262. The highest BCUT2D eigenvalue weighted by atomic mass is 16.6. The van der Waals surface area contributed by atoms with Gasteiger partial charge in [-0.15, -0.1) is 0 Å². The molecule has 3 bridgehead atoms. The number of nitrogens with two attached hydrogens (primary N) is 1. The van der Waals surface area contributed by atoms with Gasteiger partial charge < -0.3 is 19.7 Å². The first-order chi connectivity index (χ1) is 8.86. The van der Waals surface area contributed by atoms with Crippen LogP contribution in [0.15, 0.2) is 0 Å². The van der Waals surface area contributed by atoms with Crippen molar-refractivity contribution >= 4 is 11.9 Å². The lowest BCUT2D eigenvalue weighted by Gasteiger charge is -2.54. The van der Waals surface area contributed by atoms with E-state index >= 15 is 0 Å². The van der Waals surface area contributed by atoms with Crippen LogP contribution in [0.1, 0.15) is 13.3 Å². The summed E-state index contributed by atoms with van der Waals surface area (Å²) in [5.74, 6) is -0.580. The number of ether oxygens (including phenoxy) is 2. The van der Waals surface area contributed by atoms with E-state index in [1.807, 2.05) is 0 Å². The summed E-state index contributed by atoms with van der Waals surface area (Å²) in [5.41, 5.74) is 3.45. The Hall–Kier alpha value is -1.38. The summed E-state index contributed by atoms with van der Waals surface area (Å²) in [5, 5.41) is 24.0. The molecule has 1 unspecified atom stereocenters. The molecule has 1 saturated carbocycles. The van der Waals surface area contributed by atoms with Gasteiger partial charge in [0.1, 0.15) is 11.7 Å². The summed E-state index contributed by atoms with van der Waals surface area (Å²) in [4.78, 5) is 15.0. The Labute approximate surface area is 108 Å². The third-order valence-corrected chi connectivity index (χ3v) is 4.82. The number of aliphatic hydroxyl groups is 2. The zero-order valence-corrected chi connectivity index (χ0v) is 10.3. The van der Waals surface area contributed by atoms with Gasteiger partial charge in [0.15, 0.2) is 24.0 Å². The predicted molar refractivity (Wildman–Crippen MR) is 59.3 cm³/mol. The fourth-order valence-electron chi connectivity index (χ4n) is 4.02. The maximum atomic E-state index is 12.1. The summed E-state index contributed by atoms with van der Waals surface area (Å²) in [6.45, 7) is 1.56. The molecular weight excluding hydrogens is 254 g/mol. The second kappa shape index (κ2) is 3.02. The lowest BCUT2D eigenvalue weighted by molar-refractivity contribution is -0.572. The molecule has 3 fully saturated rings. The fraction of sp³-hybridized carbons (Fsp3) is 0.818. The number of rotatable bonds is 0. The van der Waals surface area contributed by atoms with Crippen LogP contribution in [0, 0.1) is 5.92 Å². The van der Waals surface area contributed by atoms with Crippen molar-refractivity contribution in [1.29, 1.82) is 0 Å². The molecule has 0 aromatic heterocycles. The molecular formula is C11H16N3O5+. The quantitative estimate of drug-likeness (QED) is 0.281. The lowest BCUT2D eigenvalue weighted by Crippen LogP contribution is -2.94. The Morgan fingerprint density at radius 1 is 1.58 bits per heavy atom. The number of esters is 1. The second-order valence-electron chi connectivity index (χ2n) is 6.02. The third-order valence-electron chi connectivity index (χ3n) is 4.82. The van der Waals surface area contributed by atoms with Crippen LogP contribution in [0.5, 0.6) is 0 Å². The molecule has 104 valence electrons. The summed E-state index contributed by atoms with van der Waals surface area (Å²) >= 11 is 0. The van der Waals surface area contributed by atoms with Crippen molar-refractivity contribution in [3.05, 3.63) is 0 Å². The van der Waals surface area contributed by atoms with Gasteiger partial charge in [0.25, 0.3) is 0 Å². The largest absolute Gasteiger partial charge is 0.454 e. The molecule has 1 aliphatic carbocycles. The molecule has 0 radical (unpaired) electrons. The molecule has 1 spiro atoms. The Morgan fingerprint density at radius 3 is 3.05 bits per heavy atom. The standard InChI is InChI=1S/C11H15N3O5/c1-10(17)2-3-7-13-9(12)14-11(3)4(15)5(10)19-8(16)6(11)18-7/h3-7,15,17H,2H2,1H3,(H3,12,13,14)/p+1/t3-,4?,5+,6-,7+,10+,11-/m1/s1. The van der Waals surface area contributed by atoms with E-state index in [0.29, 0.717) is 6.42 Å². The Bertz CT molecular complexity index is 507. The van der Waals surface area contributed by atoms with Gasteiger partial charge in [-0.1, -0.05) is 0 Å². The van der Waals surface area contributed by atoms with Crippen molar-refractivity contribution in [1.82, 2.24) is 5.32 Å². The Balaban J connectivity index is 1.92. The van der Waals surface area contributed by atoms with Crippen molar-refractivity contribution < 1.29 is 29.5 Å². The SMILES string of the molecule is C[C@]1(O)C[C@@H]2[C@H]3[NH+]=C(N)N[C@@]24C(O)[C@@H]1OC(=O)[C@H]4O3. The molecule has 19 heavy (non-hydrogen) atoms. The predicted octanol–water partition coefficient (Wildman–Crippen LogP) is -4.49. The third kappa shape index (κ3) is 1.11. The lowest BCUT2D eigenvalue weighted by atomic mass is 9.61. The van der Waals surface area contributed by atoms with E-state index in [0.717, 1.165) is 0 Å². The maximum Gasteiger partial charge on any atom is 0.343 e. The molecule has 2 saturated heterocycles. The Kier molecular flexibility index (Phi) is 1.82. The monoisotopic (exact) mass is 270 g/mol. The number of guanidine groups is 1. The van der Waals surface area contributed by atoms with E-state index in [9.17, 15) is 15.0 Å². The van der Waals surface area contributed by atoms with E-state index in [1.54, 1.807) is 6.92 Å². The molecule has 3 aliphatic heterocycles. The summed E-state index contributed by atoms with van der Waals surface area (Å²) < 4.78 is 10.8. The van der Waals surface area contributed by atoms with Crippen LogP contribution in [0.2, 0.25) is 0 Å². The van der Waals surface area contributed by atoms with Crippen molar-refractivity contribution in [2.45, 2.75) is 49.0 Å². The van der Waals surface area contributed by atoms with Crippen LogP contribution in [0.25, 0.3) is 0 Å². The van der Waals surface area contributed by atoms with Crippen LogP contribution in [0.3, 0.4) is 0 Å². The van der Waals surface area contributed by atoms with Crippen LogP contribution in [0.4, 0.5) is 0 Å². The highest BCUT2D eigenvalue weighted by Crippen LogP contribution is 2.52. The van der Waals surface area contributed by atoms with Crippen molar-refractivity contribution in [3.8, 4) is 0 Å². The molecule has 0 amide bonds. The van der Waals surface area contributed by atoms with Gasteiger partial charge in [-0.3, -0.25) is 16.0 Å². The average Bonchev–Trinajstić information content (AvgIpc) is 2.53. The van der Waals surface area contributed by atoms with E-state index in [1.165, 1.54) is 0 Å². The minimum atomic E-state index is -1.30. The highest BCUT2D eigenvalue weighted by molar-refractivity contribution is 5.83. The number of hydrogen-bond acceptors (Lipinski definition) is 7. The van der Waals surface area contributed by atoms with Crippen molar-refractivity contribution in [3.63, 3.8) is 0 Å². The highest BCUT2D eigenvalue weighted by Gasteiger charge is 2.77. The molecule has 0 aromatic carbocycles. The van der Waals surface area contributed by atoms with Gasteiger partial charge in [0.05, 0.1) is 5.92 Å². The second-order valence-corrected chi connectivity index (χ2v) is 6.02. The molecule has 8 heteroatoms. The normalized spacial score (nSPS) is 58.2. The van der Waals surface area contributed by atoms with Gasteiger partial charge in [0, 0.05) is 0 Å². The number of fused-ring (bicyclic) bond motifs is 1. The van der Waals surface area contributed by atoms with E-state index in [2.05, 4.69) is 10.3 Å². The van der Waals surface area contributed by atoms with Gasteiger partial charge in [-0.05, 0) is 13.3 Å². The molecule has 3 heterocycles. The zero-order valence-electron chi connectivity index (χ0n) is 10.3. The molecule has 4 aliphatic rings. The van der Waals surface area contributed by atoms with Crippen LogP contribution in [-0.2, 0) is 14.3 Å². The van der Waals surface area contributed by atoms with Gasteiger partial charge in [-0.2, -0.15) is 0 Å².